The van der Waals surface area contributed by atoms with E-state index in [1.54, 1.807) is 9.80 Å². The van der Waals surface area contributed by atoms with Crippen LogP contribution in [-0.2, 0) is 0 Å². The molecule has 33 heavy (non-hydrogen) atoms. The van der Waals surface area contributed by atoms with Crippen LogP contribution in [0.4, 0.5) is 22.1 Å². The van der Waals surface area contributed by atoms with Crippen molar-refractivity contribution < 1.29 is 14.0 Å². The van der Waals surface area contributed by atoms with Crippen molar-refractivity contribution in [3.63, 3.8) is 0 Å². The number of hydrogen-bond acceptors (Lipinski definition) is 4. The Hall–Kier alpha value is -3.47. The lowest BCUT2D eigenvalue weighted by molar-refractivity contribution is 0.0997. The molecule has 3 amide bonds. The molecule has 0 spiro atoms. The van der Waals surface area contributed by atoms with E-state index < -0.39 is 0 Å². The Bertz CT molecular complexity index is 1080. The lowest BCUT2D eigenvalue weighted by Gasteiger charge is -2.40. The minimum atomic E-state index is -0.376. The molecule has 8 heteroatoms. The van der Waals surface area contributed by atoms with Gasteiger partial charge >= 0.3 is 11.9 Å². The number of hydrogen-bond donors (Lipinski definition) is 1. The molecule has 0 radical (unpaired) electrons. The first-order valence-electron chi connectivity index (χ1n) is 11.3. The fourth-order valence-corrected chi connectivity index (χ4v) is 4.59. The third-order valence-corrected chi connectivity index (χ3v) is 6.77. The number of furan rings is 1. The highest BCUT2D eigenvalue weighted by Crippen LogP contribution is 2.37. The third kappa shape index (κ3) is 4.82. The van der Waals surface area contributed by atoms with E-state index >= 15 is 0 Å². The van der Waals surface area contributed by atoms with Crippen LogP contribution in [0.25, 0.3) is 4.85 Å². The monoisotopic (exact) mass is 449 g/mol. The van der Waals surface area contributed by atoms with Gasteiger partial charge < -0.3 is 24.4 Å². The number of benzene rings is 1. The summed E-state index contributed by atoms with van der Waals surface area (Å²) in [4.78, 5) is 34.1. The molecule has 2 aliphatic heterocycles. The smallest absolute Gasteiger partial charge is 0.346 e. The van der Waals surface area contributed by atoms with Gasteiger partial charge in [0.2, 0.25) is 0 Å². The lowest BCUT2D eigenvalue weighted by atomic mass is 9.82. The molecule has 174 valence electrons. The molecular weight excluding hydrogens is 418 g/mol. The molecule has 3 heterocycles. The summed E-state index contributed by atoms with van der Waals surface area (Å²) < 4.78 is 5.31. The second-order valence-electron chi connectivity index (χ2n) is 9.87. The highest BCUT2D eigenvalue weighted by Gasteiger charge is 2.30. The first-order chi connectivity index (χ1) is 15.7. The Morgan fingerprint density at radius 2 is 1.79 bits per heavy atom. The number of anilines is 2. The van der Waals surface area contributed by atoms with E-state index in [9.17, 15) is 9.59 Å². The molecule has 0 bridgehead atoms. The summed E-state index contributed by atoms with van der Waals surface area (Å²) in [7, 11) is 3.65. The maximum absolute atomic E-state index is 12.8. The fraction of sp³-hybridized carbons (Fsp3) is 0.480. The summed E-state index contributed by atoms with van der Waals surface area (Å²) in [5, 5.41) is 2.98. The summed E-state index contributed by atoms with van der Waals surface area (Å²) in [6.45, 7) is 14.8. The number of nitrogens with zero attached hydrogens (tertiary/aromatic N) is 4. The predicted molar refractivity (Wildman–Crippen MR) is 128 cm³/mol. The van der Waals surface area contributed by atoms with E-state index in [1.165, 1.54) is 12.1 Å². The number of piperidine rings is 1. The van der Waals surface area contributed by atoms with E-state index in [2.05, 4.69) is 35.0 Å². The van der Waals surface area contributed by atoms with E-state index in [1.807, 2.05) is 26.2 Å². The number of amides is 3. The number of rotatable bonds is 4. The van der Waals surface area contributed by atoms with Crippen LogP contribution in [0.2, 0.25) is 0 Å². The van der Waals surface area contributed by atoms with Gasteiger partial charge in [0, 0.05) is 46.2 Å². The molecule has 2 aromatic rings. The highest BCUT2D eigenvalue weighted by molar-refractivity contribution is 6.04. The van der Waals surface area contributed by atoms with Crippen LogP contribution in [-0.4, -0.2) is 62.0 Å². The van der Waals surface area contributed by atoms with Crippen molar-refractivity contribution in [2.45, 2.75) is 32.6 Å². The van der Waals surface area contributed by atoms with Gasteiger partial charge in [0.25, 0.3) is 5.91 Å². The summed E-state index contributed by atoms with van der Waals surface area (Å²) in [6, 6.07) is 9.18. The SMILES string of the molecule is [C-]#[N+]c1ccc(C(=O)Nc2ccc(C3CN(C)C(=O)N(C)C3)cc2N2CCC(C)(C)CC2)o1. The minimum absolute atomic E-state index is 0.0332. The van der Waals surface area contributed by atoms with Crippen molar-refractivity contribution in [3.8, 4) is 0 Å². The molecule has 8 nitrogen and oxygen atoms in total. The zero-order valence-electron chi connectivity index (χ0n) is 19.7. The summed E-state index contributed by atoms with van der Waals surface area (Å²) in [6.07, 6.45) is 2.14. The minimum Gasteiger partial charge on any atom is -0.475 e. The first-order valence-corrected chi connectivity index (χ1v) is 11.3. The molecule has 2 aliphatic rings. The Morgan fingerprint density at radius 3 is 2.39 bits per heavy atom. The summed E-state index contributed by atoms with van der Waals surface area (Å²) in [5.74, 6) is 0.0200. The van der Waals surface area contributed by atoms with Crippen molar-refractivity contribution in [2.75, 3.05) is 50.5 Å². The number of urea groups is 1. The number of carbonyl (C=O) groups excluding carboxylic acids is 2. The molecular formula is C25H31N5O3. The fourth-order valence-electron chi connectivity index (χ4n) is 4.59. The van der Waals surface area contributed by atoms with Crippen molar-refractivity contribution in [3.05, 3.63) is 53.1 Å². The van der Waals surface area contributed by atoms with Gasteiger partial charge in [-0.05, 0) is 48.1 Å². The van der Waals surface area contributed by atoms with Crippen LogP contribution in [0, 0.1) is 12.0 Å². The maximum Gasteiger partial charge on any atom is 0.346 e. The van der Waals surface area contributed by atoms with E-state index in [0.29, 0.717) is 18.5 Å². The van der Waals surface area contributed by atoms with Crippen molar-refractivity contribution in [1.82, 2.24) is 9.80 Å². The van der Waals surface area contributed by atoms with E-state index in [-0.39, 0.29) is 29.5 Å². The van der Waals surface area contributed by atoms with Crippen LogP contribution in [0.15, 0.2) is 34.7 Å². The highest BCUT2D eigenvalue weighted by atomic mass is 16.4. The molecule has 0 atom stereocenters. The van der Waals surface area contributed by atoms with Crippen LogP contribution >= 0.6 is 0 Å². The molecule has 1 aromatic carbocycles. The molecule has 0 saturated carbocycles. The van der Waals surface area contributed by atoms with Gasteiger partial charge in [0.05, 0.1) is 17.9 Å². The Kier molecular flexibility index (Phi) is 6.07. The van der Waals surface area contributed by atoms with Gasteiger partial charge in [0.1, 0.15) is 0 Å². The van der Waals surface area contributed by atoms with Gasteiger partial charge in [-0.3, -0.25) is 4.79 Å². The second-order valence-corrected chi connectivity index (χ2v) is 9.87. The molecule has 1 aromatic heterocycles. The zero-order chi connectivity index (χ0) is 23.8. The van der Waals surface area contributed by atoms with Crippen LogP contribution in [0.3, 0.4) is 0 Å². The van der Waals surface area contributed by atoms with E-state index in [4.69, 9.17) is 11.0 Å². The standard InChI is InChI=1S/C25H31N5O3/c1-25(2)10-12-30(13-11-25)20-14-17(18-15-28(4)24(32)29(5)16-18)6-7-19(20)27-23(31)21-8-9-22(26-3)33-21/h6-9,14,18H,10-13,15-16H2,1-2,4-5H3,(H,27,31). The Labute approximate surface area is 195 Å². The van der Waals surface area contributed by atoms with Crippen LogP contribution < -0.4 is 10.2 Å². The molecule has 0 aliphatic carbocycles. The van der Waals surface area contributed by atoms with Gasteiger partial charge in [-0.15, -0.1) is 0 Å². The normalized spacial score (nSPS) is 18.9. The number of nitrogens with one attached hydrogen (secondary N) is 1. The van der Waals surface area contributed by atoms with Gasteiger partial charge in [-0.25, -0.2) is 4.79 Å². The van der Waals surface area contributed by atoms with Gasteiger partial charge in [-0.2, -0.15) is 4.85 Å². The van der Waals surface area contributed by atoms with Crippen molar-refractivity contribution in [2.24, 2.45) is 5.41 Å². The molecule has 0 unspecified atom stereocenters. The second kappa shape index (κ2) is 8.81. The molecule has 2 saturated heterocycles. The Balaban J connectivity index is 1.63. The topological polar surface area (TPSA) is 73.4 Å². The third-order valence-electron chi connectivity index (χ3n) is 6.77. The molecule has 2 fully saturated rings. The maximum atomic E-state index is 12.8. The molecule has 4 rings (SSSR count). The largest absolute Gasteiger partial charge is 0.475 e. The zero-order valence-corrected chi connectivity index (χ0v) is 19.7. The Morgan fingerprint density at radius 1 is 1.12 bits per heavy atom. The number of carbonyl (C=O) groups is 2. The van der Waals surface area contributed by atoms with E-state index in [0.717, 1.165) is 42.9 Å². The molecule has 1 N–H and O–H groups in total. The first kappa shape index (κ1) is 22.7. The average Bonchev–Trinajstić information content (AvgIpc) is 3.27. The number of likely N-dealkylation sites (N-methyl/N-ethyl adjacent to an activating group) is 2. The van der Waals surface area contributed by atoms with Gasteiger partial charge in [-0.1, -0.05) is 19.9 Å². The van der Waals surface area contributed by atoms with Crippen LogP contribution in [0.5, 0.6) is 0 Å². The van der Waals surface area contributed by atoms with Crippen molar-refractivity contribution >= 4 is 29.2 Å². The quantitative estimate of drug-likeness (QED) is 0.681. The predicted octanol–water partition coefficient (Wildman–Crippen LogP) is 4.79. The van der Waals surface area contributed by atoms with Crippen LogP contribution in [0.1, 0.15) is 48.7 Å². The summed E-state index contributed by atoms with van der Waals surface area (Å²) >= 11 is 0. The van der Waals surface area contributed by atoms with Gasteiger partial charge in [0.15, 0.2) is 5.76 Å². The summed E-state index contributed by atoms with van der Waals surface area (Å²) in [5.41, 5.74) is 3.15. The average molecular weight is 450 g/mol. The lowest BCUT2D eigenvalue weighted by Crippen LogP contribution is -2.49. The van der Waals surface area contributed by atoms with Crippen molar-refractivity contribution in [1.29, 1.82) is 0 Å².